The Balaban J connectivity index is 3.10. The second-order valence-corrected chi connectivity index (χ2v) is 4.37. The Labute approximate surface area is 109 Å². The summed E-state index contributed by atoms with van der Waals surface area (Å²) in [5, 5.41) is 8.92. The predicted molar refractivity (Wildman–Crippen MR) is 64.1 cm³/mol. The van der Waals surface area contributed by atoms with Crippen molar-refractivity contribution in [2.75, 3.05) is 6.54 Å². The maximum Gasteiger partial charge on any atom is 0.307 e. The average Bonchev–Trinajstić information content (AvgIpc) is 2.37. The van der Waals surface area contributed by atoms with E-state index in [1.54, 1.807) is 6.92 Å². The fraction of sp³-hybridized carbons (Fsp3) is 0.462. The summed E-state index contributed by atoms with van der Waals surface area (Å²) in [5.74, 6) is -6.03. The molecule has 1 rings (SSSR count). The number of nitrogens with two attached hydrogens (primary N) is 1. The summed E-state index contributed by atoms with van der Waals surface area (Å²) in [6, 6.07) is 1.55. The molecule has 0 spiro atoms. The van der Waals surface area contributed by atoms with Crippen molar-refractivity contribution >= 4 is 5.97 Å². The van der Waals surface area contributed by atoms with Crippen LogP contribution in [0.3, 0.4) is 0 Å². The van der Waals surface area contributed by atoms with Gasteiger partial charge in [-0.15, -0.1) is 0 Å². The Morgan fingerprint density at radius 2 is 1.89 bits per heavy atom. The van der Waals surface area contributed by atoms with Crippen LogP contribution in [0.4, 0.5) is 13.2 Å². The van der Waals surface area contributed by atoms with E-state index in [4.69, 9.17) is 10.8 Å². The summed E-state index contributed by atoms with van der Waals surface area (Å²) in [6.45, 7) is 1.52. The zero-order valence-corrected chi connectivity index (χ0v) is 10.5. The summed E-state index contributed by atoms with van der Waals surface area (Å²) in [7, 11) is 0. The Morgan fingerprint density at radius 1 is 1.32 bits per heavy atom. The Bertz CT molecular complexity index is 465. The van der Waals surface area contributed by atoms with Gasteiger partial charge in [-0.05, 0) is 30.9 Å². The molecule has 3 nitrogen and oxygen atoms in total. The van der Waals surface area contributed by atoms with Crippen molar-refractivity contribution in [1.82, 2.24) is 0 Å². The molecule has 0 aliphatic rings. The average molecular weight is 275 g/mol. The van der Waals surface area contributed by atoms with Crippen molar-refractivity contribution in [2.45, 2.75) is 25.7 Å². The fourth-order valence-corrected chi connectivity index (χ4v) is 2.05. The van der Waals surface area contributed by atoms with Gasteiger partial charge in [-0.3, -0.25) is 4.79 Å². The highest BCUT2D eigenvalue weighted by molar-refractivity contribution is 5.70. The van der Waals surface area contributed by atoms with Gasteiger partial charge in [0, 0.05) is 12.1 Å². The van der Waals surface area contributed by atoms with Gasteiger partial charge in [0.2, 0.25) is 0 Å². The van der Waals surface area contributed by atoms with E-state index in [2.05, 4.69) is 0 Å². The summed E-state index contributed by atoms with van der Waals surface area (Å²) in [4.78, 5) is 10.9. The first kappa shape index (κ1) is 15.5. The van der Waals surface area contributed by atoms with Crippen molar-refractivity contribution in [2.24, 2.45) is 11.7 Å². The molecule has 0 amide bonds. The molecule has 0 fully saturated rings. The van der Waals surface area contributed by atoms with Gasteiger partial charge < -0.3 is 10.8 Å². The molecule has 0 heterocycles. The number of rotatable bonds is 6. The van der Waals surface area contributed by atoms with Gasteiger partial charge in [0.05, 0.1) is 5.92 Å². The normalized spacial score (nSPS) is 14.2. The molecular formula is C13H16F3NO2. The largest absolute Gasteiger partial charge is 0.481 e. The highest BCUT2D eigenvalue weighted by atomic mass is 19.2. The molecule has 106 valence electrons. The van der Waals surface area contributed by atoms with Gasteiger partial charge in [0.25, 0.3) is 0 Å². The fourth-order valence-electron chi connectivity index (χ4n) is 2.05. The third kappa shape index (κ3) is 3.47. The monoisotopic (exact) mass is 275 g/mol. The summed E-state index contributed by atoms with van der Waals surface area (Å²) in [5.41, 5.74) is 4.92. The minimum atomic E-state index is -1.26. The van der Waals surface area contributed by atoms with Gasteiger partial charge in [-0.2, -0.15) is 0 Å². The number of benzene rings is 1. The molecule has 1 aromatic rings. The zero-order chi connectivity index (χ0) is 14.6. The lowest BCUT2D eigenvalue weighted by atomic mass is 9.86. The van der Waals surface area contributed by atoms with E-state index >= 15 is 0 Å². The maximum atomic E-state index is 13.7. The molecule has 0 aromatic heterocycles. The van der Waals surface area contributed by atoms with E-state index in [0.717, 1.165) is 6.07 Å². The SMILES string of the molecule is CCC(CC(CN)C(=O)O)c1c(F)ccc(F)c1F. The second kappa shape index (κ2) is 6.56. The third-order valence-corrected chi connectivity index (χ3v) is 3.18. The molecule has 0 bridgehead atoms. The molecular weight excluding hydrogens is 259 g/mol. The first-order valence-corrected chi connectivity index (χ1v) is 5.98. The molecule has 0 aliphatic heterocycles. The lowest BCUT2D eigenvalue weighted by molar-refractivity contribution is -0.141. The molecule has 3 N–H and O–H groups in total. The molecule has 0 saturated carbocycles. The third-order valence-electron chi connectivity index (χ3n) is 3.18. The molecule has 19 heavy (non-hydrogen) atoms. The van der Waals surface area contributed by atoms with Crippen LogP contribution in [0.5, 0.6) is 0 Å². The van der Waals surface area contributed by atoms with Crippen LogP contribution in [-0.2, 0) is 4.79 Å². The van der Waals surface area contributed by atoms with Crippen LogP contribution in [0.1, 0.15) is 31.2 Å². The van der Waals surface area contributed by atoms with Gasteiger partial charge >= 0.3 is 5.97 Å². The number of carbonyl (C=O) groups is 1. The zero-order valence-electron chi connectivity index (χ0n) is 10.5. The number of hydrogen-bond acceptors (Lipinski definition) is 2. The van der Waals surface area contributed by atoms with Crippen LogP contribution in [-0.4, -0.2) is 17.6 Å². The molecule has 0 aliphatic carbocycles. The van der Waals surface area contributed by atoms with Gasteiger partial charge in [-0.25, -0.2) is 13.2 Å². The van der Waals surface area contributed by atoms with Crippen LogP contribution in [0.2, 0.25) is 0 Å². The smallest absolute Gasteiger partial charge is 0.307 e. The number of aliphatic carboxylic acids is 1. The maximum absolute atomic E-state index is 13.7. The molecule has 0 radical (unpaired) electrons. The van der Waals surface area contributed by atoms with Crippen LogP contribution in [0, 0.1) is 23.4 Å². The first-order valence-electron chi connectivity index (χ1n) is 5.98. The summed E-state index contributed by atoms with van der Waals surface area (Å²) < 4.78 is 40.5. The van der Waals surface area contributed by atoms with Crippen molar-refractivity contribution in [3.05, 3.63) is 35.1 Å². The first-order chi connectivity index (χ1) is 8.92. The molecule has 2 unspecified atom stereocenters. The highest BCUT2D eigenvalue weighted by Gasteiger charge is 2.26. The van der Waals surface area contributed by atoms with E-state index in [1.165, 1.54) is 0 Å². The standard InChI is InChI=1S/C13H16F3NO2/c1-2-7(5-8(6-17)13(18)19)11-9(14)3-4-10(15)12(11)16/h3-4,7-8H,2,5-6,17H2,1H3,(H,18,19). The highest BCUT2D eigenvalue weighted by Crippen LogP contribution is 2.32. The topological polar surface area (TPSA) is 63.3 Å². The number of carboxylic acids is 1. The van der Waals surface area contributed by atoms with Crippen LogP contribution in [0.15, 0.2) is 12.1 Å². The lowest BCUT2D eigenvalue weighted by Crippen LogP contribution is -2.25. The van der Waals surface area contributed by atoms with Crippen molar-refractivity contribution in [3.8, 4) is 0 Å². The molecule has 2 atom stereocenters. The van der Waals surface area contributed by atoms with E-state index < -0.39 is 40.8 Å². The summed E-state index contributed by atoms with van der Waals surface area (Å²) >= 11 is 0. The molecule has 6 heteroatoms. The number of carboxylic acid groups (broad SMARTS) is 1. The molecule has 0 saturated heterocycles. The number of hydrogen-bond donors (Lipinski definition) is 2. The number of halogens is 3. The van der Waals surface area contributed by atoms with Crippen molar-refractivity contribution < 1.29 is 23.1 Å². The minimum Gasteiger partial charge on any atom is -0.481 e. The quantitative estimate of drug-likeness (QED) is 0.784. The Morgan fingerprint density at radius 3 is 2.37 bits per heavy atom. The van der Waals surface area contributed by atoms with Crippen molar-refractivity contribution in [1.29, 1.82) is 0 Å². The van der Waals surface area contributed by atoms with E-state index in [-0.39, 0.29) is 13.0 Å². The van der Waals surface area contributed by atoms with Gasteiger partial charge in [0.15, 0.2) is 11.6 Å². The van der Waals surface area contributed by atoms with E-state index in [1.807, 2.05) is 0 Å². The van der Waals surface area contributed by atoms with E-state index in [0.29, 0.717) is 12.5 Å². The lowest BCUT2D eigenvalue weighted by Gasteiger charge is -2.20. The minimum absolute atomic E-state index is 0.0281. The van der Waals surface area contributed by atoms with Crippen LogP contribution in [0.25, 0.3) is 0 Å². The Kier molecular flexibility index (Phi) is 5.35. The predicted octanol–water partition coefficient (Wildman–Crippen LogP) is 2.65. The molecule has 1 aromatic carbocycles. The van der Waals surface area contributed by atoms with Crippen LogP contribution < -0.4 is 5.73 Å². The summed E-state index contributed by atoms with van der Waals surface area (Å²) in [6.07, 6.45) is 0.265. The van der Waals surface area contributed by atoms with Crippen molar-refractivity contribution in [3.63, 3.8) is 0 Å². The van der Waals surface area contributed by atoms with Crippen LogP contribution >= 0.6 is 0 Å². The van der Waals surface area contributed by atoms with Gasteiger partial charge in [0.1, 0.15) is 5.82 Å². The van der Waals surface area contributed by atoms with Gasteiger partial charge in [-0.1, -0.05) is 6.92 Å². The second-order valence-electron chi connectivity index (χ2n) is 4.37. The Hall–Kier alpha value is -1.56. The van der Waals surface area contributed by atoms with E-state index in [9.17, 15) is 18.0 Å².